The van der Waals surface area contributed by atoms with Gasteiger partial charge in [0.15, 0.2) is 5.69 Å². The highest BCUT2D eigenvalue weighted by Gasteiger charge is 2.18. The van der Waals surface area contributed by atoms with Crippen molar-refractivity contribution in [1.82, 2.24) is 30.0 Å². The number of aliphatic hydroxyl groups excluding tert-OH is 1. The van der Waals surface area contributed by atoms with Crippen LogP contribution in [0.1, 0.15) is 28.9 Å². The predicted molar refractivity (Wildman–Crippen MR) is 153 cm³/mol. The van der Waals surface area contributed by atoms with E-state index in [1.807, 2.05) is 30.6 Å². The number of aliphatic hydroxyl groups is 1. The van der Waals surface area contributed by atoms with Gasteiger partial charge in [-0.05, 0) is 54.3 Å². The molecule has 5 heterocycles. The summed E-state index contributed by atoms with van der Waals surface area (Å²) in [6.07, 6.45) is 8.19. The highest BCUT2D eigenvalue weighted by molar-refractivity contribution is 6.11. The van der Waals surface area contributed by atoms with E-state index in [2.05, 4.69) is 41.4 Å². The Hall–Kier alpha value is -4.87. The number of carbonyl (C=O) groups excluding carboxylic acids is 1. The molecule has 1 aliphatic rings. The predicted octanol–water partition coefficient (Wildman–Crippen LogP) is 4.42. The molecule has 1 fully saturated rings. The molecule has 1 aliphatic heterocycles. The van der Waals surface area contributed by atoms with Crippen molar-refractivity contribution in [2.45, 2.75) is 25.5 Å². The topological polar surface area (TPSA) is 138 Å². The van der Waals surface area contributed by atoms with Gasteiger partial charge in [0.25, 0.3) is 5.91 Å². The lowest BCUT2D eigenvalue weighted by molar-refractivity contribution is 0.0792. The van der Waals surface area contributed by atoms with Crippen molar-refractivity contribution in [2.24, 2.45) is 0 Å². The summed E-state index contributed by atoms with van der Waals surface area (Å²) >= 11 is 0. The highest BCUT2D eigenvalue weighted by Crippen LogP contribution is 2.27. The van der Waals surface area contributed by atoms with Gasteiger partial charge in [0.2, 0.25) is 11.8 Å². The lowest BCUT2D eigenvalue weighted by Crippen LogP contribution is -2.35. The summed E-state index contributed by atoms with van der Waals surface area (Å²) in [4.78, 5) is 28.3. The van der Waals surface area contributed by atoms with Crippen LogP contribution >= 0.6 is 0 Å². The van der Waals surface area contributed by atoms with Crippen molar-refractivity contribution in [3.8, 4) is 28.6 Å². The van der Waals surface area contributed by atoms with Gasteiger partial charge in [0.05, 0.1) is 30.6 Å². The average Bonchev–Trinajstić information content (AvgIpc) is 3.43. The van der Waals surface area contributed by atoms with E-state index in [1.165, 1.54) is 13.3 Å². The smallest absolute Gasteiger partial charge is 0.276 e. The number of aromatic amines is 1. The average molecular weight is 552 g/mol. The molecule has 208 valence electrons. The van der Waals surface area contributed by atoms with Crippen molar-refractivity contribution in [3.63, 3.8) is 0 Å². The van der Waals surface area contributed by atoms with E-state index in [4.69, 9.17) is 9.47 Å². The fourth-order valence-corrected chi connectivity index (χ4v) is 4.83. The van der Waals surface area contributed by atoms with Crippen LogP contribution in [-0.2, 0) is 6.54 Å². The van der Waals surface area contributed by atoms with Crippen molar-refractivity contribution in [2.75, 3.05) is 25.5 Å². The number of piperidine rings is 1. The third-order valence-corrected chi connectivity index (χ3v) is 7.00. The minimum Gasteiger partial charge on any atom is -0.481 e. The summed E-state index contributed by atoms with van der Waals surface area (Å²) in [5.74, 6) is 0.970. The van der Waals surface area contributed by atoms with Gasteiger partial charge in [-0.1, -0.05) is 6.07 Å². The monoisotopic (exact) mass is 551 g/mol. The summed E-state index contributed by atoms with van der Waals surface area (Å²) in [6, 6.07) is 14.7. The zero-order chi connectivity index (χ0) is 28.2. The van der Waals surface area contributed by atoms with Crippen LogP contribution < -0.4 is 14.8 Å². The Morgan fingerprint density at radius 1 is 1.02 bits per heavy atom. The largest absolute Gasteiger partial charge is 0.481 e. The summed E-state index contributed by atoms with van der Waals surface area (Å²) < 4.78 is 10.9. The first kappa shape index (κ1) is 26.4. The second-order valence-corrected chi connectivity index (χ2v) is 9.90. The summed E-state index contributed by atoms with van der Waals surface area (Å²) in [7, 11) is 1.53. The number of hydrogen-bond donors (Lipinski definition) is 3. The van der Waals surface area contributed by atoms with Crippen LogP contribution in [0.3, 0.4) is 0 Å². The van der Waals surface area contributed by atoms with Gasteiger partial charge in [-0.25, -0.2) is 9.97 Å². The lowest BCUT2D eigenvalue weighted by Gasteiger charge is -2.29. The lowest BCUT2D eigenvalue weighted by atomic mass is 10.0. The maximum absolute atomic E-state index is 13.2. The van der Waals surface area contributed by atoms with Gasteiger partial charge >= 0.3 is 0 Å². The van der Waals surface area contributed by atoms with Gasteiger partial charge in [-0.15, -0.1) is 0 Å². The number of benzene rings is 1. The third kappa shape index (κ3) is 6.16. The number of pyridine rings is 3. The van der Waals surface area contributed by atoms with Gasteiger partial charge in [0.1, 0.15) is 5.75 Å². The summed E-state index contributed by atoms with van der Waals surface area (Å²) in [5, 5.41) is 20.6. The quantitative estimate of drug-likeness (QED) is 0.256. The maximum Gasteiger partial charge on any atom is 0.276 e. The molecule has 0 saturated carbocycles. The van der Waals surface area contributed by atoms with Crippen molar-refractivity contribution >= 4 is 22.5 Å². The second-order valence-electron chi connectivity index (χ2n) is 9.90. The molecule has 0 unspecified atom stereocenters. The number of nitrogens with one attached hydrogen (secondary N) is 2. The number of H-pyrrole nitrogens is 1. The Labute approximate surface area is 236 Å². The number of rotatable bonds is 8. The molecule has 0 atom stereocenters. The number of amides is 1. The fourth-order valence-electron chi connectivity index (χ4n) is 4.83. The molecule has 3 N–H and O–H groups in total. The molecule has 1 saturated heterocycles. The minimum absolute atomic E-state index is 0.198. The zero-order valence-corrected chi connectivity index (χ0v) is 22.4. The first-order chi connectivity index (χ1) is 20.0. The fraction of sp³-hybridized carbons (Fsp3) is 0.233. The van der Waals surface area contributed by atoms with E-state index < -0.39 is 0 Å². The SMILES string of the molecule is COc1cc(Oc2ccc(NC(=O)c3n[nH]c4ccc(-c5cncc(CN6CCC(O)CC6)c5)cc34)cn2)ccn1. The minimum atomic E-state index is -0.359. The number of nitrogens with zero attached hydrogens (tertiary/aromatic N) is 5. The molecule has 6 rings (SSSR count). The van der Waals surface area contributed by atoms with Gasteiger partial charge in [-0.3, -0.25) is 19.8 Å². The molecule has 4 aromatic heterocycles. The molecule has 5 aromatic rings. The summed E-state index contributed by atoms with van der Waals surface area (Å²) in [6.45, 7) is 2.52. The second kappa shape index (κ2) is 11.7. The number of anilines is 1. The van der Waals surface area contributed by atoms with Crippen LogP contribution in [0.2, 0.25) is 0 Å². The molecular formula is C30H29N7O4. The number of likely N-dealkylation sites (tertiary alicyclic amines) is 1. The van der Waals surface area contributed by atoms with Crippen LogP contribution in [0.25, 0.3) is 22.0 Å². The number of methoxy groups -OCH3 is 1. The summed E-state index contributed by atoms with van der Waals surface area (Å²) in [5.41, 5.74) is 4.54. The third-order valence-electron chi connectivity index (χ3n) is 7.00. The number of aromatic nitrogens is 5. The van der Waals surface area contributed by atoms with E-state index >= 15 is 0 Å². The number of hydrogen-bond acceptors (Lipinski definition) is 9. The molecule has 11 heteroatoms. The number of fused-ring (bicyclic) bond motifs is 1. The Balaban J connectivity index is 1.16. The molecule has 1 aromatic carbocycles. The van der Waals surface area contributed by atoms with E-state index in [-0.39, 0.29) is 17.7 Å². The first-order valence-corrected chi connectivity index (χ1v) is 13.3. The number of carbonyl (C=O) groups is 1. The zero-order valence-electron chi connectivity index (χ0n) is 22.4. The Bertz CT molecular complexity index is 1660. The molecular weight excluding hydrogens is 522 g/mol. The standard InChI is InChI=1S/C30H29N7O4/c1-40-28-14-24(6-9-32-28)41-27-5-3-22(17-33-27)34-30(39)29-25-13-20(2-4-26(25)35-36-29)21-12-19(15-31-16-21)18-37-10-7-23(38)8-11-37/h2-6,9,12-17,23,38H,7-8,10-11,18H2,1H3,(H,34,39)(H,35,36). The number of ether oxygens (including phenoxy) is 2. The van der Waals surface area contributed by atoms with Crippen LogP contribution in [0, 0.1) is 0 Å². The van der Waals surface area contributed by atoms with Crippen LogP contribution in [0.5, 0.6) is 17.5 Å². The Kier molecular flexibility index (Phi) is 7.52. The molecule has 0 aliphatic carbocycles. The molecule has 1 amide bonds. The first-order valence-electron chi connectivity index (χ1n) is 13.3. The van der Waals surface area contributed by atoms with Gasteiger partial charge in [-0.2, -0.15) is 5.10 Å². The van der Waals surface area contributed by atoms with Crippen molar-refractivity contribution < 1.29 is 19.4 Å². The van der Waals surface area contributed by atoms with Crippen molar-refractivity contribution in [1.29, 1.82) is 0 Å². The molecule has 0 spiro atoms. The maximum atomic E-state index is 13.2. The van der Waals surface area contributed by atoms with E-state index in [0.717, 1.165) is 54.7 Å². The van der Waals surface area contributed by atoms with Crippen LogP contribution in [0.15, 0.2) is 73.3 Å². The molecule has 41 heavy (non-hydrogen) atoms. The van der Waals surface area contributed by atoms with Crippen LogP contribution in [0.4, 0.5) is 5.69 Å². The highest BCUT2D eigenvalue weighted by atomic mass is 16.5. The Morgan fingerprint density at radius 3 is 2.71 bits per heavy atom. The molecule has 11 nitrogen and oxygen atoms in total. The van der Waals surface area contributed by atoms with Gasteiger partial charge in [0, 0.05) is 61.3 Å². The molecule has 0 bridgehead atoms. The Morgan fingerprint density at radius 2 is 1.90 bits per heavy atom. The van der Waals surface area contributed by atoms with E-state index in [0.29, 0.717) is 28.6 Å². The normalized spacial score (nSPS) is 14.2. The van der Waals surface area contributed by atoms with E-state index in [1.54, 1.807) is 30.5 Å². The molecule has 0 radical (unpaired) electrons. The van der Waals surface area contributed by atoms with Crippen molar-refractivity contribution in [3.05, 3.63) is 84.6 Å². The van der Waals surface area contributed by atoms with Gasteiger partial charge < -0.3 is 19.9 Å². The van der Waals surface area contributed by atoms with Crippen LogP contribution in [-0.4, -0.2) is 67.4 Å². The van der Waals surface area contributed by atoms with E-state index in [9.17, 15) is 9.90 Å².